The first-order chi connectivity index (χ1) is 15.9. The third-order valence-electron chi connectivity index (χ3n) is 6.10. The summed E-state index contributed by atoms with van der Waals surface area (Å²) in [6, 6.07) is 23.2. The fraction of sp³-hybridized carbons (Fsp3) is 0.259. The minimum atomic E-state index is -1.15. The molecule has 6 nitrogen and oxygen atoms in total. The first-order valence-electron chi connectivity index (χ1n) is 11.2. The van der Waals surface area contributed by atoms with Gasteiger partial charge in [0.2, 0.25) is 0 Å². The minimum Gasteiger partial charge on any atom is -0.386 e. The van der Waals surface area contributed by atoms with Gasteiger partial charge in [0.25, 0.3) is 5.56 Å². The SMILES string of the molecule is CC(C)(O)c1ccc(N2CCOCC2)cc1-n1nc(-c2ccccc2)c2ccccc2c1=O. The van der Waals surface area contributed by atoms with E-state index in [0.29, 0.717) is 29.9 Å². The maximum Gasteiger partial charge on any atom is 0.279 e. The van der Waals surface area contributed by atoms with Crippen LogP contribution in [0.3, 0.4) is 0 Å². The highest BCUT2D eigenvalue weighted by Crippen LogP contribution is 2.32. The normalized spacial score (nSPS) is 14.6. The largest absolute Gasteiger partial charge is 0.386 e. The van der Waals surface area contributed by atoms with Crippen molar-refractivity contribution in [2.24, 2.45) is 0 Å². The topological polar surface area (TPSA) is 67.6 Å². The monoisotopic (exact) mass is 441 g/mol. The molecule has 1 N–H and O–H groups in total. The lowest BCUT2D eigenvalue weighted by molar-refractivity contribution is 0.0783. The summed E-state index contributed by atoms with van der Waals surface area (Å²) in [5.74, 6) is 0. The maximum absolute atomic E-state index is 13.7. The molecule has 6 heteroatoms. The average molecular weight is 442 g/mol. The molecule has 2 heterocycles. The molecule has 3 aromatic carbocycles. The van der Waals surface area contributed by atoms with Crippen LogP contribution in [0.2, 0.25) is 0 Å². The van der Waals surface area contributed by atoms with E-state index < -0.39 is 5.60 Å². The van der Waals surface area contributed by atoms with Crippen molar-refractivity contribution >= 4 is 16.5 Å². The van der Waals surface area contributed by atoms with E-state index in [0.717, 1.165) is 35.4 Å². The number of morpholine rings is 1. The highest BCUT2D eigenvalue weighted by molar-refractivity contribution is 5.94. The van der Waals surface area contributed by atoms with Crippen molar-refractivity contribution < 1.29 is 9.84 Å². The molecule has 0 atom stereocenters. The van der Waals surface area contributed by atoms with Gasteiger partial charge in [0.1, 0.15) is 0 Å². The van der Waals surface area contributed by atoms with Crippen LogP contribution in [0.15, 0.2) is 77.6 Å². The van der Waals surface area contributed by atoms with Crippen molar-refractivity contribution in [2.45, 2.75) is 19.4 Å². The zero-order valence-corrected chi connectivity index (χ0v) is 18.9. The molecular formula is C27H27N3O3. The predicted octanol–water partition coefficient (Wildman–Crippen LogP) is 4.12. The zero-order chi connectivity index (χ0) is 23.0. The molecule has 0 saturated carbocycles. The molecule has 0 spiro atoms. The number of rotatable bonds is 4. The highest BCUT2D eigenvalue weighted by atomic mass is 16.5. The van der Waals surface area contributed by atoms with E-state index in [1.807, 2.05) is 72.8 Å². The highest BCUT2D eigenvalue weighted by Gasteiger charge is 2.25. The molecule has 1 saturated heterocycles. The second-order valence-electron chi connectivity index (χ2n) is 8.84. The van der Waals surface area contributed by atoms with Gasteiger partial charge in [0.15, 0.2) is 0 Å². The van der Waals surface area contributed by atoms with Gasteiger partial charge >= 0.3 is 0 Å². The summed E-state index contributed by atoms with van der Waals surface area (Å²) >= 11 is 0. The van der Waals surface area contributed by atoms with Gasteiger partial charge in [-0.05, 0) is 32.0 Å². The van der Waals surface area contributed by atoms with Crippen LogP contribution in [-0.2, 0) is 10.3 Å². The molecule has 5 rings (SSSR count). The second kappa shape index (κ2) is 8.46. The van der Waals surface area contributed by atoms with Gasteiger partial charge in [-0.25, -0.2) is 0 Å². The summed E-state index contributed by atoms with van der Waals surface area (Å²) in [6.45, 7) is 6.33. The van der Waals surface area contributed by atoms with Crippen LogP contribution in [0.4, 0.5) is 5.69 Å². The Morgan fingerprint density at radius 2 is 1.58 bits per heavy atom. The molecule has 0 bridgehead atoms. The molecule has 0 aliphatic carbocycles. The van der Waals surface area contributed by atoms with E-state index >= 15 is 0 Å². The van der Waals surface area contributed by atoms with E-state index in [1.54, 1.807) is 13.8 Å². The summed E-state index contributed by atoms with van der Waals surface area (Å²) in [4.78, 5) is 15.9. The lowest BCUT2D eigenvalue weighted by Gasteiger charge is -2.30. The molecule has 168 valence electrons. The van der Waals surface area contributed by atoms with Crippen LogP contribution in [0.5, 0.6) is 0 Å². The third-order valence-corrected chi connectivity index (χ3v) is 6.10. The average Bonchev–Trinajstić information content (AvgIpc) is 2.85. The van der Waals surface area contributed by atoms with Gasteiger partial charge in [-0.3, -0.25) is 4.79 Å². The number of hydrogen-bond acceptors (Lipinski definition) is 5. The van der Waals surface area contributed by atoms with Crippen LogP contribution in [0.1, 0.15) is 19.4 Å². The van der Waals surface area contributed by atoms with E-state index in [9.17, 15) is 9.90 Å². The van der Waals surface area contributed by atoms with Gasteiger partial charge in [-0.1, -0.05) is 54.6 Å². The van der Waals surface area contributed by atoms with Crippen molar-refractivity contribution in [3.63, 3.8) is 0 Å². The van der Waals surface area contributed by atoms with Crippen LogP contribution in [0.25, 0.3) is 27.7 Å². The summed E-state index contributed by atoms with van der Waals surface area (Å²) < 4.78 is 6.94. The quantitative estimate of drug-likeness (QED) is 0.516. The molecule has 1 fully saturated rings. The Morgan fingerprint density at radius 3 is 2.27 bits per heavy atom. The van der Waals surface area contributed by atoms with Crippen LogP contribution in [-0.4, -0.2) is 41.2 Å². The van der Waals surface area contributed by atoms with E-state index in [4.69, 9.17) is 9.84 Å². The number of fused-ring (bicyclic) bond motifs is 1. The Morgan fingerprint density at radius 1 is 0.909 bits per heavy atom. The van der Waals surface area contributed by atoms with Gasteiger partial charge in [-0.15, -0.1) is 0 Å². The Hall–Kier alpha value is -3.48. The maximum atomic E-state index is 13.7. The fourth-order valence-electron chi connectivity index (χ4n) is 4.39. The van der Waals surface area contributed by atoms with Gasteiger partial charge in [-0.2, -0.15) is 9.78 Å². The van der Waals surface area contributed by atoms with E-state index in [1.165, 1.54) is 4.68 Å². The lowest BCUT2D eigenvalue weighted by atomic mass is 9.95. The van der Waals surface area contributed by atoms with Crippen molar-refractivity contribution in [1.82, 2.24) is 9.78 Å². The molecule has 33 heavy (non-hydrogen) atoms. The summed E-state index contributed by atoms with van der Waals surface area (Å²) in [6.07, 6.45) is 0. The molecule has 1 aliphatic rings. The second-order valence-corrected chi connectivity index (χ2v) is 8.84. The molecule has 0 radical (unpaired) electrons. The van der Waals surface area contributed by atoms with Crippen molar-refractivity contribution in [3.8, 4) is 16.9 Å². The van der Waals surface area contributed by atoms with Gasteiger partial charge < -0.3 is 14.7 Å². The first-order valence-corrected chi connectivity index (χ1v) is 11.2. The van der Waals surface area contributed by atoms with Crippen LogP contribution >= 0.6 is 0 Å². The summed E-state index contributed by atoms with van der Waals surface area (Å²) in [5.41, 5.74) is 2.49. The van der Waals surface area contributed by atoms with E-state index in [2.05, 4.69) is 4.90 Å². The Balaban J connectivity index is 1.79. The van der Waals surface area contributed by atoms with E-state index in [-0.39, 0.29) is 5.56 Å². The van der Waals surface area contributed by atoms with Crippen molar-refractivity contribution in [3.05, 3.63) is 88.7 Å². The number of ether oxygens (including phenoxy) is 1. The van der Waals surface area contributed by atoms with Crippen molar-refractivity contribution in [1.29, 1.82) is 0 Å². The smallest absolute Gasteiger partial charge is 0.279 e. The van der Waals surface area contributed by atoms with Crippen LogP contribution < -0.4 is 10.5 Å². The number of aromatic nitrogens is 2. The number of nitrogens with zero attached hydrogens (tertiary/aromatic N) is 3. The first kappa shape index (κ1) is 21.4. The zero-order valence-electron chi connectivity index (χ0n) is 18.9. The molecular weight excluding hydrogens is 414 g/mol. The van der Waals surface area contributed by atoms with Crippen LogP contribution in [0, 0.1) is 0 Å². The van der Waals surface area contributed by atoms with Gasteiger partial charge in [0.05, 0.1) is 35.6 Å². The van der Waals surface area contributed by atoms with Crippen molar-refractivity contribution in [2.75, 3.05) is 31.2 Å². The fourth-order valence-corrected chi connectivity index (χ4v) is 4.39. The third kappa shape index (κ3) is 4.03. The Kier molecular flexibility index (Phi) is 5.48. The molecule has 0 amide bonds. The number of aliphatic hydroxyl groups is 1. The van der Waals surface area contributed by atoms with Gasteiger partial charge in [0, 0.05) is 35.3 Å². The summed E-state index contributed by atoms with van der Waals surface area (Å²) in [7, 11) is 0. The number of anilines is 1. The Bertz CT molecular complexity index is 1350. The Labute approximate surface area is 192 Å². The molecule has 1 aromatic heterocycles. The molecule has 4 aromatic rings. The summed E-state index contributed by atoms with van der Waals surface area (Å²) in [5, 5.41) is 17.2. The minimum absolute atomic E-state index is 0.213. The standard InChI is InChI=1S/C27H27N3O3/c1-27(2,32)23-13-12-20(29-14-16-33-17-15-29)18-24(23)30-26(31)22-11-7-6-10-21(22)25(28-30)19-8-4-3-5-9-19/h3-13,18,32H,14-17H2,1-2H3. The predicted molar refractivity (Wildman–Crippen MR) is 131 cm³/mol. The molecule has 0 unspecified atom stereocenters. The number of hydrogen-bond donors (Lipinski definition) is 1. The molecule has 1 aliphatic heterocycles. The number of benzene rings is 3. The lowest BCUT2D eigenvalue weighted by Crippen LogP contribution is -2.36.